The summed E-state index contributed by atoms with van der Waals surface area (Å²) in [6.07, 6.45) is 1.77. The lowest BCUT2D eigenvalue weighted by Crippen LogP contribution is -2.27. The average molecular weight is 272 g/mol. The molecule has 0 radical (unpaired) electrons. The second kappa shape index (κ2) is 5.36. The first-order chi connectivity index (χ1) is 9.33. The molecular weight excluding hydrogens is 252 g/mol. The molecule has 5 heteroatoms. The van der Waals surface area contributed by atoms with Crippen LogP contribution in [0, 0.1) is 6.92 Å². The number of rotatable bonds is 3. The van der Waals surface area contributed by atoms with Gasteiger partial charge >= 0.3 is 0 Å². The van der Waals surface area contributed by atoms with Crippen LogP contribution in [0.5, 0.6) is 5.75 Å². The molecule has 0 unspecified atom stereocenters. The molecule has 0 aliphatic carbocycles. The van der Waals surface area contributed by atoms with E-state index < -0.39 is 0 Å². The van der Waals surface area contributed by atoms with Crippen molar-refractivity contribution >= 4 is 17.5 Å². The molecule has 20 heavy (non-hydrogen) atoms. The van der Waals surface area contributed by atoms with Gasteiger partial charge in [-0.1, -0.05) is 6.07 Å². The van der Waals surface area contributed by atoms with E-state index in [0.717, 1.165) is 17.1 Å². The highest BCUT2D eigenvalue weighted by Gasteiger charge is 2.12. The Balaban J connectivity index is 2.25. The van der Waals surface area contributed by atoms with Crippen LogP contribution in [0.15, 0.2) is 30.5 Å². The normalized spacial score (nSPS) is 11.2. The van der Waals surface area contributed by atoms with Crippen molar-refractivity contribution in [3.8, 4) is 5.75 Å². The van der Waals surface area contributed by atoms with Crippen molar-refractivity contribution in [3.63, 3.8) is 0 Å². The lowest BCUT2D eigenvalue weighted by molar-refractivity contribution is 0.475. The van der Waals surface area contributed by atoms with Crippen LogP contribution in [0.1, 0.15) is 26.3 Å². The predicted octanol–water partition coefficient (Wildman–Crippen LogP) is 3.44. The first-order valence-electron chi connectivity index (χ1n) is 6.51. The zero-order valence-corrected chi connectivity index (χ0v) is 12.2. The largest absolute Gasteiger partial charge is 0.508 e. The van der Waals surface area contributed by atoms with E-state index in [-0.39, 0.29) is 11.3 Å². The number of hydrogen-bond donors (Lipinski definition) is 3. The maximum Gasteiger partial charge on any atom is 0.225 e. The van der Waals surface area contributed by atoms with Gasteiger partial charge in [0.25, 0.3) is 0 Å². The lowest BCUT2D eigenvalue weighted by Gasteiger charge is -2.21. The van der Waals surface area contributed by atoms with E-state index in [9.17, 15) is 5.11 Å². The van der Waals surface area contributed by atoms with Crippen LogP contribution in [-0.2, 0) is 0 Å². The third kappa shape index (κ3) is 3.85. The number of aryl methyl sites for hydroxylation is 1. The summed E-state index contributed by atoms with van der Waals surface area (Å²) in [5.74, 6) is 1.51. The van der Waals surface area contributed by atoms with Gasteiger partial charge in [0.05, 0.1) is 0 Å². The summed E-state index contributed by atoms with van der Waals surface area (Å²) in [6.45, 7) is 8.10. The number of hydrogen-bond acceptors (Lipinski definition) is 5. The highest BCUT2D eigenvalue weighted by molar-refractivity contribution is 5.61. The van der Waals surface area contributed by atoms with E-state index in [0.29, 0.717) is 5.95 Å². The Morgan fingerprint density at radius 2 is 1.95 bits per heavy atom. The van der Waals surface area contributed by atoms with Gasteiger partial charge in [0.2, 0.25) is 5.95 Å². The molecule has 0 spiro atoms. The molecule has 0 aliphatic rings. The van der Waals surface area contributed by atoms with Crippen molar-refractivity contribution in [3.05, 3.63) is 36.0 Å². The SMILES string of the molecule is Cc1cnc(NC(C)(C)C)nc1Nc1cccc(O)c1. The van der Waals surface area contributed by atoms with Crippen LogP contribution in [-0.4, -0.2) is 20.6 Å². The van der Waals surface area contributed by atoms with Crippen molar-refractivity contribution in [1.29, 1.82) is 0 Å². The van der Waals surface area contributed by atoms with Gasteiger partial charge in [-0.2, -0.15) is 4.98 Å². The zero-order valence-electron chi connectivity index (χ0n) is 12.2. The number of aromatic nitrogens is 2. The molecule has 0 saturated carbocycles. The number of phenolic OH excluding ortho intramolecular Hbond substituents is 1. The highest BCUT2D eigenvalue weighted by Crippen LogP contribution is 2.22. The van der Waals surface area contributed by atoms with Gasteiger partial charge in [-0.3, -0.25) is 0 Å². The fourth-order valence-electron chi connectivity index (χ4n) is 1.68. The summed E-state index contributed by atoms with van der Waals surface area (Å²) in [7, 11) is 0. The maximum atomic E-state index is 9.48. The number of benzene rings is 1. The van der Waals surface area contributed by atoms with Crippen LogP contribution in [0.4, 0.5) is 17.5 Å². The van der Waals surface area contributed by atoms with Gasteiger partial charge < -0.3 is 15.7 Å². The van der Waals surface area contributed by atoms with E-state index in [1.807, 2.05) is 13.0 Å². The Hall–Kier alpha value is -2.30. The van der Waals surface area contributed by atoms with Gasteiger partial charge in [-0.05, 0) is 39.8 Å². The summed E-state index contributed by atoms with van der Waals surface area (Å²) in [6, 6.07) is 6.93. The second-order valence-corrected chi connectivity index (χ2v) is 5.78. The molecule has 0 amide bonds. The molecule has 3 N–H and O–H groups in total. The Kier molecular flexibility index (Phi) is 3.79. The lowest BCUT2D eigenvalue weighted by atomic mass is 10.1. The standard InChI is InChI=1S/C15H20N4O/c1-10-9-16-14(19-15(2,3)4)18-13(10)17-11-6-5-7-12(20)8-11/h5-9,20H,1-4H3,(H2,16,17,18,19). The Labute approximate surface area is 119 Å². The van der Waals surface area contributed by atoms with E-state index in [2.05, 4.69) is 41.4 Å². The minimum absolute atomic E-state index is 0.0997. The quantitative estimate of drug-likeness (QED) is 0.798. The maximum absolute atomic E-state index is 9.48. The van der Waals surface area contributed by atoms with Crippen molar-refractivity contribution in [2.75, 3.05) is 10.6 Å². The van der Waals surface area contributed by atoms with E-state index in [1.165, 1.54) is 0 Å². The van der Waals surface area contributed by atoms with Crippen LogP contribution < -0.4 is 10.6 Å². The summed E-state index contributed by atoms with van der Waals surface area (Å²) in [5, 5.41) is 15.9. The molecule has 106 valence electrons. The Bertz CT molecular complexity index is 605. The Morgan fingerprint density at radius 3 is 2.60 bits per heavy atom. The zero-order chi connectivity index (χ0) is 14.8. The number of aromatic hydroxyl groups is 1. The smallest absolute Gasteiger partial charge is 0.225 e. The topological polar surface area (TPSA) is 70.1 Å². The Morgan fingerprint density at radius 1 is 1.20 bits per heavy atom. The van der Waals surface area contributed by atoms with Gasteiger partial charge in [0, 0.05) is 29.1 Å². The van der Waals surface area contributed by atoms with Crippen molar-refractivity contribution in [2.24, 2.45) is 0 Å². The molecule has 0 atom stereocenters. The minimum atomic E-state index is -0.0997. The molecule has 1 aromatic heterocycles. The number of nitrogens with one attached hydrogen (secondary N) is 2. The number of anilines is 3. The second-order valence-electron chi connectivity index (χ2n) is 5.78. The van der Waals surface area contributed by atoms with Gasteiger partial charge in [-0.25, -0.2) is 4.98 Å². The molecule has 0 fully saturated rings. The third-order valence-electron chi connectivity index (χ3n) is 2.57. The van der Waals surface area contributed by atoms with Crippen LogP contribution in [0.25, 0.3) is 0 Å². The summed E-state index contributed by atoms with van der Waals surface area (Å²) in [4.78, 5) is 8.74. The first kappa shape index (κ1) is 14.1. The molecule has 1 heterocycles. The molecule has 2 rings (SSSR count). The van der Waals surface area contributed by atoms with E-state index in [4.69, 9.17) is 0 Å². The van der Waals surface area contributed by atoms with Gasteiger partial charge in [-0.15, -0.1) is 0 Å². The molecule has 2 aromatic rings. The van der Waals surface area contributed by atoms with Crippen LogP contribution in [0.2, 0.25) is 0 Å². The molecule has 0 saturated heterocycles. The highest BCUT2D eigenvalue weighted by atomic mass is 16.3. The van der Waals surface area contributed by atoms with E-state index in [1.54, 1.807) is 24.4 Å². The molecule has 1 aromatic carbocycles. The van der Waals surface area contributed by atoms with Crippen molar-refractivity contribution in [2.45, 2.75) is 33.2 Å². The fourth-order valence-corrected chi connectivity index (χ4v) is 1.68. The summed E-state index contributed by atoms with van der Waals surface area (Å²) in [5.41, 5.74) is 1.62. The molecular formula is C15H20N4O. The molecule has 0 bridgehead atoms. The fraction of sp³-hybridized carbons (Fsp3) is 0.333. The molecule has 5 nitrogen and oxygen atoms in total. The first-order valence-corrected chi connectivity index (χ1v) is 6.51. The third-order valence-corrected chi connectivity index (χ3v) is 2.57. The summed E-state index contributed by atoms with van der Waals surface area (Å²) < 4.78 is 0. The molecule has 0 aliphatic heterocycles. The van der Waals surface area contributed by atoms with Crippen LogP contribution >= 0.6 is 0 Å². The average Bonchev–Trinajstić information content (AvgIpc) is 2.32. The van der Waals surface area contributed by atoms with Gasteiger partial charge in [0.1, 0.15) is 11.6 Å². The minimum Gasteiger partial charge on any atom is -0.508 e. The van der Waals surface area contributed by atoms with Gasteiger partial charge in [0.15, 0.2) is 0 Å². The number of nitrogens with zero attached hydrogens (tertiary/aromatic N) is 2. The van der Waals surface area contributed by atoms with E-state index >= 15 is 0 Å². The van der Waals surface area contributed by atoms with Crippen molar-refractivity contribution in [1.82, 2.24) is 9.97 Å². The summed E-state index contributed by atoms with van der Waals surface area (Å²) >= 11 is 0. The number of phenols is 1. The monoisotopic (exact) mass is 272 g/mol. The van der Waals surface area contributed by atoms with Crippen LogP contribution in [0.3, 0.4) is 0 Å². The predicted molar refractivity (Wildman–Crippen MR) is 81.5 cm³/mol. The van der Waals surface area contributed by atoms with Crippen molar-refractivity contribution < 1.29 is 5.11 Å².